The molecule has 2 aromatic rings. The van der Waals surface area contributed by atoms with Crippen molar-refractivity contribution in [1.82, 2.24) is 14.9 Å². The Morgan fingerprint density at radius 2 is 2.25 bits per heavy atom. The molecule has 1 aromatic carbocycles. The number of carbonyl (C=O) groups excluding carboxylic acids is 2. The number of ether oxygens (including phenoxy) is 1. The predicted molar refractivity (Wildman–Crippen MR) is 88.7 cm³/mol. The number of hydrogen-bond donors (Lipinski definition) is 1. The van der Waals surface area contributed by atoms with Crippen molar-refractivity contribution in [2.24, 2.45) is 0 Å². The molecule has 0 fully saturated rings. The van der Waals surface area contributed by atoms with Crippen LogP contribution in [0.25, 0.3) is 0 Å². The fourth-order valence-corrected chi connectivity index (χ4v) is 2.72. The van der Waals surface area contributed by atoms with E-state index in [2.05, 4.69) is 10.3 Å². The molecule has 24 heavy (non-hydrogen) atoms. The van der Waals surface area contributed by atoms with Gasteiger partial charge in [-0.3, -0.25) is 9.59 Å². The molecule has 1 aromatic heterocycles. The van der Waals surface area contributed by atoms with Gasteiger partial charge in [-0.1, -0.05) is 12.1 Å². The molecule has 0 unspecified atom stereocenters. The number of aromatic nitrogens is 2. The Bertz CT molecular complexity index is 714. The van der Waals surface area contributed by atoms with E-state index in [4.69, 9.17) is 4.74 Å². The predicted octanol–water partition coefficient (Wildman–Crippen LogP) is 1.20. The lowest BCUT2D eigenvalue weighted by molar-refractivity contribution is -0.122. The molecule has 126 valence electrons. The summed E-state index contributed by atoms with van der Waals surface area (Å²) in [5, 5.41) is 2.94. The SMILES string of the molecule is C[C@@H](Cn1ccnc1)NC(=O)CCN1C(=O)COc2ccccc21. The Hall–Kier alpha value is -2.83. The number of carbonyl (C=O) groups is 2. The third-order valence-corrected chi connectivity index (χ3v) is 3.82. The molecule has 2 amide bonds. The molecule has 0 spiro atoms. The van der Waals surface area contributed by atoms with Gasteiger partial charge in [0.15, 0.2) is 6.61 Å². The zero-order valence-corrected chi connectivity index (χ0v) is 13.5. The first-order valence-electron chi connectivity index (χ1n) is 7.91. The minimum Gasteiger partial charge on any atom is -0.482 e. The van der Waals surface area contributed by atoms with E-state index in [1.807, 2.05) is 42.0 Å². The van der Waals surface area contributed by atoms with Crippen LogP contribution in [0.15, 0.2) is 43.0 Å². The van der Waals surface area contributed by atoms with E-state index >= 15 is 0 Å². The molecule has 7 nitrogen and oxygen atoms in total. The molecule has 0 radical (unpaired) electrons. The van der Waals surface area contributed by atoms with Gasteiger partial charge in [0, 0.05) is 37.9 Å². The quantitative estimate of drug-likeness (QED) is 0.864. The van der Waals surface area contributed by atoms with Gasteiger partial charge in [-0.15, -0.1) is 0 Å². The molecule has 2 heterocycles. The van der Waals surface area contributed by atoms with Gasteiger partial charge in [0.05, 0.1) is 12.0 Å². The van der Waals surface area contributed by atoms with Gasteiger partial charge in [0.1, 0.15) is 5.75 Å². The maximum absolute atomic E-state index is 12.1. The smallest absolute Gasteiger partial charge is 0.265 e. The highest BCUT2D eigenvalue weighted by atomic mass is 16.5. The Labute approximate surface area is 140 Å². The highest BCUT2D eigenvalue weighted by Crippen LogP contribution is 2.31. The molecule has 1 aliphatic rings. The van der Waals surface area contributed by atoms with E-state index in [1.54, 1.807) is 17.4 Å². The minimum atomic E-state index is -0.132. The summed E-state index contributed by atoms with van der Waals surface area (Å²) in [4.78, 5) is 29.8. The third-order valence-electron chi connectivity index (χ3n) is 3.82. The van der Waals surface area contributed by atoms with Crippen LogP contribution in [0.4, 0.5) is 5.69 Å². The summed E-state index contributed by atoms with van der Waals surface area (Å²) in [6.45, 7) is 2.94. The summed E-state index contributed by atoms with van der Waals surface area (Å²) in [6.07, 6.45) is 5.52. The number of nitrogens with zero attached hydrogens (tertiary/aromatic N) is 3. The van der Waals surface area contributed by atoms with Gasteiger partial charge in [0.25, 0.3) is 5.91 Å². The monoisotopic (exact) mass is 328 g/mol. The van der Waals surface area contributed by atoms with Crippen molar-refractivity contribution in [1.29, 1.82) is 0 Å². The van der Waals surface area contributed by atoms with Crippen LogP contribution in [0.5, 0.6) is 5.75 Å². The van der Waals surface area contributed by atoms with Crippen molar-refractivity contribution >= 4 is 17.5 Å². The van der Waals surface area contributed by atoms with Crippen LogP contribution in [-0.2, 0) is 16.1 Å². The van der Waals surface area contributed by atoms with Crippen molar-refractivity contribution in [3.8, 4) is 5.75 Å². The number of fused-ring (bicyclic) bond motifs is 1. The van der Waals surface area contributed by atoms with Crippen molar-refractivity contribution in [2.45, 2.75) is 25.9 Å². The summed E-state index contributed by atoms with van der Waals surface area (Å²) in [7, 11) is 0. The molecule has 0 bridgehead atoms. The number of rotatable bonds is 6. The fourth-order valence-electron chi connectivity index (χ4n) is 2.72. The number of anilines is 1. The molecule has 7 heteroatoms. The highest BCUT2D eigenvalue weighted by molar-refractivity contribution is 5.98. The first-order valence-corrected chi connectivity index (χ1v) is 7.91. The standard InChI is InChI=1S/C17H20N4O3/c1-13(10-20-9-7-18-12-20)19-16(22)6-8-21-14-4-2-3-5-15(14)24-11-17(21)23/h2-5,7,9,12-13H,6,8,10-11H2,1H3,(H,19,22)/t13-/m0/s1. The summed E-state index contributed by atoms with van der Waals surface area (Å²) >= 11 is 0. The summed E-state index contributed by atoms with van der Waals surface area (Å²) in [6, 6.07) is 7.34. The van der Waals surface area contributed by atoms with Gasteiger partial charge < -0.3 is 19.5 Å². The second kappa shape index (κ2) is 7.16. The van der Waals surface area contributed by atoms with Gasteiger partial charge in [-0.05, 0) is 19.1 Å². The molecule has 1 aliphatic heterocycles. The van der Waals surface area contributed by atoms with E-state index in [9.17, 15) is 9.59 Å². The average molecular weight is 328 g/mol. The highest BCUT2D eigenvalue weighted by Gasteiger charge is 2.25. The lowest BCUT2D eigenvalue weighted by Gasteiger charge is -2.29. The van der Waals surface area contributed by atoms with E-state index in [0.717, 1.165) is 0 Å². The second-order valence-electron chi connectivity index (χ2n) is 5.78. The molecule has 0 saturated carbocycles. The lowest BCUT2D eigenvalue weighted by atomic mass is 10.2. The molecular formula is C17H20N4O3. The Balaban J connectivity index is 1.53. The number of para-hydroxylation sites is 2. The topological polar surface area (TPSA) is 76.5 Å². The Morgan fingerprint density at radius 1 is 1.42 bits per heavy atom. The maximum Gasteiger partial charge on any atom is 0.265 e. The van der Waals surface area contributed by atoms with Crippen LogP contribution in [0.2, 0.25) is 0 Å². The van der Waals surface area contributed by atoms with Crippen molar-refractivity contribution < 1.29 is 14.3 Å². The van der Waals surface area contributed by atoms with Crippen LogP contribution in [0, 0.1) is 0 Å². The van der Waals surface area contributed by atoms with Crippen LogP contribution in [0.3, 0.4) is 0 Å². The normalized spacial score (nSPS) is 14.7. The minimum absolute atomic E-state index is 0.00959. The largest absolute Gasteiger partial charge is 0.482 e. The number of amides is 2. The van der Waals surface area contributed by atoms with E-state index in [-0.39, 0.29) is 30.9 Å². The molecule has 3 rings (SSSR count). The van der Waals surface area contributed by atoms with Crippen LogP contribution >= 0.6 is 0 Å². The number of benzene rings is 1. The third kappa shape index (κ3) is 3.73. The summed E-state index contributed by atoms with van der Waals surface area (Å²) < 4.78 is 7.31. The fraction of sp³-hybridized carbons (Fsp3) is 0.353. The lowest BCUT2D eigenvalue weighted by Crippen LogP contribution is -2.42. The van der Waals surface area contributed by atoms with Crippen LogP contribution < -0.4 is 15.0 Å². The molecular weight excluding hydrogens is 308 g/mol. The van der Waals surface area contributed by atoms with E-state index in [0.29, 0.717) is 24.5 Å². The van der Waals surface area contributed by atoms with E-state index in [1.165, 1.54) is 0 Å². The van der Waals surface area contributed by atoms with Gasteiger partial charge in [-0.25, -0.2) is 4.98 Å². The zero-order valence-electron chi connectivity index (χ0n) is 13.5. The van der Waals surface area contributed by atoms with Crippen LogP contribution in [-0.4, -0.2) is 40.6 Å². The molecule has 1 N–H and O–H groups in total. The second-order valence-corrected chi connectivity index (χ2v) is 5.78. The van der Waals surface area contributed by atoms with Crippen molar-refractivity contribution in [3.05, 3.63) is 43.0 Å². The molecule has 0 aliphatic carbocycles. The van der Waals surface area contributed by atoms with Crippen molar-refractivity contribution in [2.75, 3.05) is 18.1 Å². The zero-order chi connectivity index (χ0) is 16.9. The molecule has 1 atom stereocenters. The average Bonchev–Trinajstić information content (AvgIpc) is 3.06. The summed E-state index contributed by atoms with van der Waals surface area (Å²) in [5.74, 6) is 0.457. The number of nitrogens with one attached hydrogen (secondary N) is 1. The van der Waals surface area contributed by atoms with Gasteiger partial charge in [0.2, 0.25) is 5.91 Å². The van der Waals surface area contributed by atoms with Gasteiger partial charge in [-0.2, -0.15) is 0 Å². The Kier molecular flexibility index (Phi) is 4.79. The van der Waals surface area contributed by atoms with Crippen LogP contribution in [0.1, 0.15) is 13.3 Å². The van der Waals surface area contributed by atoms with Gasteiger partial charge >= 0.3 is 0 Å². The van der Waals surface area contributed by atoms with Crippen molar-refractivity contribution in [3.63, 3.8) is 0 Å². The van der Waals surface area contributed by atoms with E-state index < -0.39 is 0 Å². The summed E-state index contributed by atoms with van der Waals surface area (Å²) in [5.41, 5.74) is 0.716. The first-order chi connectivity index (χ1) is 11.6. The number of hydrogen-bond acceptors (Lipinski definition) is 4. The first kappa shape index (κ1) is 16.0. The number of imidazole rings is 1. The Morgan fingerprint density at radius 3 is 3.04 bits per heavy atom. The molecule has 0 saturated heterocycles. The maximum atomic E-state index is 12.1.